The lowest BCUT2D eigenvalue weighted by molar-refractivity contribution is -0.120. The molecule has 2 N–H and O–H groups in total. The molecule has 1 saturated carbocycles. The first-order chi connectivity index (χ1) is 13.5. The summed E-state index contributed by atoms with van der Waals surface area (Å²) in [6, 6.07) is 7.13. The number of benzene rings is 1. The molecule has 7 heteroatoms. The van der Waals surface area contributed by atoms with Gasteiger partial charge in [0.15, 0.2) is 11.6 Å². The van der Waals surface area contributed by atoms with Gasteiger partial charge >= 0.3 is 0 Å². The maximum Gasteiger partial charge on any atom is 0.249 e. The summed E-state index contributed by atoms with van der Waals surface area (Å²) in [6.45, 7) is 2.04. The lowest BCUT2D eigenvalue weighted by Gasteiger charge is -2.43. The second kappa shape index (κ2) is 7.22. The van der Waals surface area contributed by atoms with E-state index in [1.807, 2.05) is 13.0 Å². The standard InChI is InChI=1S/C21H25N5O2/c1-3-16-21(28)25(2)17-12-23-19(14-8-6-7-13(11-14)18(22)27)24-20(17)26(16)15-9-4-5-10-15/h6-8,11-12,15-16H,3-5,9-10H2,1-2H3,(H2,22,27)/t16-/m1/s1. The van der Waals surface area contributed by atoms with E-state index in [1.54, 1.807) is 36.3 Å². The van der Waals surface area contributed by atoms with Gasteiger partial charge in [-0.3, -0.25) is 9.59 Å². The predicted octanol–water partition coefficient (Wildman–Crippen LogP) is 2.75. The van der Waals surface area contributed by atoms with Crippen molar-refractivity contribution in [2.24, 2.45) is 5.73 Å². The summed E-state index contributed by atoms with van der Waals surface area (Å²) in [7, 11) is 1.78. The van der Waals surface area contributed by atoms with Gasteiger partial charge in [0.05, 0.1) is 6.20 Å². The number of primary amides is 1. The van der Waals surface area contributed by atoms with Crippen LogP contribution in [0.1, 0.15) is 49.4 Å². The highest BCUT2D eigenvalue weighted by Crippen LogP contribution is 2.40. The van der Waals surface area contributed by atoms with Crippen molar-refractivity contribution in [3.63, 3.8) is 0 Å². The van der Waals surface area contributed by atoms with Gasteiger partial charge in [-0.05, 0) is 31.4 Å². The number of nitrogens with two attached hydrogens (primary N) is 1. The number of hydrogen-bond donors (Lipinski definition) is 1. The number of likely N-dealkylation sites (N-methyl/N-ethyl adjacent to an activating group) is 1. The second-order valence-electron chi connectivity index (χ2n) is 7.51. The van der Waals surface area contributed by atoms with Crippen molar-refractivity contribution >= 4 is 23.3 Å². The first-order valence-corrected chi connectivity index (χ1v) is 9.84. The molecule has 2 aliphatic rings. The van der Waals surface area contributed by atoms with Gasteiger partial charge < -0.3 is 15.5 Å². The maximum absolute atomic E-state index is 12.9. The highest BCUT2D eigenvalue weighted by molar-refractivity contribution is 6.04. The summed E-state index contributed by atoms with van der Waals surface area (Å²) in [5.74, 6) is 0.940. The molecule has 7 nitrogen and oxygen atoms in total. The Kier molecular flexibility index (Phi) is 4.75. The average molecular weight is 379 g/mol. The highest BCUT2D eigenvalue weighted by atomic mass is 16.2. The minimum Gasteiger partial charge on any atom is -0.366 e. The minimum absolute atomic E-state index is 0.0916. The molecule has 2 aromatic rings. The van der Waals surface area contributed by atoms with Crippen LogP contribution in [0.2, 0.25) is 0 Å². The van der Waals surface area contributed by atoms with E-state index in [9.17, 15) is 9.59 Å². The van der Waals surface area contributed by atoms with Crippen molar-refractivity contribution in [1.82, 2.24) is 9.97 Å². The molecule has 1 aromatic heterocycles. The van der Waals surface area contributed by atoms with E-state index in [2.05, 4.69) is 9.88 Å². The molecule has 28 heavy (non-hydrogen) atoms. The summed E-state index contributed by atoms with van der Waals surface area (Å²) < 4.78 is 0. The number of rotatable bonds is 4. The van der Waals surface area contributed by atoms with E-state index in [1.165, 1.54) is 12.8 Å². The van der Waals surface area contributed by atoms with Crippen LogP contribution in [0.5, 0.6) is 0 Å². The zero-order chi connectivity index (χ0) is 19.8. The van der Waals surface area contributed by atoms with Crippen LogP contribution in [-0.4, -0.2) is 40.9 Å². The van der Waals surface area contributed by atoms with Crippen molar-refractivity contribution < 1.29 is 9.59 Å². The highest BCUT2D eigenvalue weighted by Gasteiger charge is 2.41. The Bertz CT molecular complexity index is 923. The smallest absolute Gasteiger partial charge is 0.249 e. The Morgan fingerprint density at radius 2 is 2.04 bits per heavy atom. The molecule has 0 saturated heterocycles. The molecule has 1 fully saturated rings. The zero-order valence-electron chi connectivity index (χ0n) is 16.3. The van der Waals surface area contributed by atoms with E-state index in [0.29, 0.717) is 17.4 Å². The summed E-state index contributed by atoms with van der Waals surface area (Å²) in [6.07, 6.45) is 6.94. The monoisotopic (exact) mass is 379 g/mol. The van der Waals surface area contributed by atoms with Crippen LogP contribution in [0.15, 0.2) is 30.5 Å². The zero-order valence-corrected chi connectivity index (χ0v) is 16.3. The van der Waals surface area contributed by atoms with Crippen LogP contribution >= 0.6 is 0 Å². The number of nitrogens with zero attached hydrogens (tertiary/aromatic N) is 4. The Morgan fingerprint density at radius 3 is 2.71 bits per heavy atom. The number of aromatic nitrogens is 2. The molecule has 1 atom stereocenters. The van der Waals surface area contributed by atoms with E-state index in [4.69, 9.17) is 10.7 Å². The first-order valence-electron chi connectivity index (χ1n) is 9.84. The van der Waals surface area contributed by atoms with Crippen LogP contribution in [0.3, 0.4) is 0 Å². The third-order valence-corrected chi connectivity index (χ3v) is 5.82. The molecule has 0 radical (unpaired) electrons. The van der Waals surface area contributed by atoms with Gasteiger partial charge in [0.1, 0.15) is 11.7 Å². The first kappa shape index (κ1) is 18.4. The number of anilines is 2. The van der Waals surface area contributed by atoms with Crippen LogP contribution in [0.4, 0.5) is 11.5 Å². The molecule has 2 amide bonds. The van der Waals surface area contributed by atoms with Crippen LogP contribution in [0, 0.1) is 0 Å². The molecule has 1 aromatic carbocycles. The third kappa shape index (κ3) is 3.00. The molecule has 1 aliphatic heterocycles. The van der Waals surface area contributed by atoms with Gasteiger partial charge in [-0.2, -0.15) is 0 Å². The van der Waals surface area contributed by atoms with Gasteiger partial charge in [-0.1, -0.05) is 31.9 Å². The van der Waals surface area contributed by atoms with Crippen molar-refractivity contribution in [2.45, 2.75) is 51.1 Å². The van der Waals surface area contributed by atoms with E-state index >= 15 is 0 Å². The fourth-order valence-electron chi connectivity index (χ4n) is 4.33. The van der Waals surface area contributed by atoms with Gasteiger partial charge in [0.2, 0.25) is 11.8 Å². The maximum atomic E-state index is 12.9. The van der Waals surface area contributed by atoms with Crippen LogP contribution in [0.25, 0.3) is 11.4 Å². The number of carbonyl (C=O) groups excluding carboxylic acids is 2. The van der Waals surface area contributed by atoms with Crippen molar-refractivity contribution in [3.8, 4) is 11.4 Å². The van der Waals surface area contributed by atoms with Crippen LogP contribution < -0.4 is 15.5 Å². The largest absolute Gasteiger partial charge is 0.366 e. The molecule has 4 rings (SSSR count). The summed E-state index contributed by atoms with van der Waals surface area (Å²) in [4.78, 5) is 37.7. The van der Waals surface area contributed by atoms with E-state index < -0.39 is 5.91 Å². The quantitative estimate of drug-likeness (QED) is 0.882. The van der Waals surface area contributed by atoms with E-state index in [0.717, 1.165) is 36.3 Å². The van der Waals surface area contributed by atoms with Gasteiger partial charge in [-0.25, -0.2) is 9.97 Å². The number of carbonyl (C=O) groups is 2. The Balaban J connectivity index is 1.83. The normalized spacial score (nSPS) is 19.8. The molecule has 0 spiro atoms. The van der Waals surface area contributed by atoms with Crippen molar-refractivity contribution in [1.29, 1.82) is 0 Å². The molecular formula is C21H25N5O2. The lowest BCUT2D eigenvalue weighted by Crippen LogP contribution is -2.55. The molecular weight excluding hydrogens is 354 g/mol. The fraction of sp³-hybridized carbons (Fsp3) is 0.429. The minimum atomic E-state index is -0.483. The summed E-state index contributed by atoms with van der Waals surface area (Å²) in [5, 5.41) is 0. The second-order valence-corrected chi connectivity index (χ2v) is 7.51. The van der Waals surface area contributed by atoms with Gasteiger partial charge in [-0.15, -0.1) is 0 Å². The molecule has 0 unspecified atom stereocenters. The molecule has 1 aliphatic carbocycles. The summed E-state index contributed by atoms with van der Waals surface area (Å²) >= 11 is 0. The Hall–Kier alpha value is -2.96. The molecule has 0 bridgehead atoms. The molecule has 146 valence electrons. The van der Waals surface area contributed by atoms with E-state index in [-0.39, 0.29) is 11.9 Å². The topological polar surface area (TPSA) is 92.4 Å². The van der Waals surface area contributed by atoms with Gasteiger partial charge in [0, 0.05) is 24.2 Å². The fourth-order valence-corrected chi connectivity index (χ4v) is 4.33. The SMILES string of the molecule is CC[C@@H]1C(=O)N(C)c2cnc(-c3cccc(C(N)=O)c3)nc2N1C1CCCC1. The van der Waals surface area contributed by atoms with Gasteiger partial charge in [0.25, 0.3) is 0 Å². The van der Waals surface area contributed by atoms with Crippen molar-refractivity contribution in [3.05, 3.63) is 36.0 Å². The number of amides is 2. The number of hydrogen-bond acceptors (Lipinski definition) is 5. The third-order valence-electron chi connectivity index (χ3n) is 5.82. The predicted molar refractivity (Wildman–Crippen MR) is 108 cm³/mol. The average Bonchev–Trinajstić information content (AvgIpc) is 3.24. The number of fused-ring (bicyclic) bond motifs is 1. The summed E-state index contributed by atoms with van der Waals surface area (Å²) in [5.41, 5.74) is 7.30. The Morgan fingerprint density at radius 1 is 1.29 bits per heavy atom. The molecule has 2 heterocycles. The van der Waals surface area contributed by atoms with Crippen LogP contribution in [-0.2, 0) is 4.79 Å². The lowest BCUT2D eigenvalue weighted by atomic mass is 10.0. The Labute approximate surface area is 164 Å². The van der Waals surface area contributed by atoms with Crippen molar-refractivity contribution in [2.75, 3.05) is 16.8 Å².